The number of fused-ring (bicyclic) bond motifs is 3. The Balaban J connectivity index is 1.51. The lowest BCUT2D eigenvalue weighted by Crippen LogP contribution is -2.35. The van der Waals surface area contributed by atoms with Gasteiger partial charge in [0, 0.05) is 12.5 Å². The first-order valence-electron chi connectivity index (χ1n) is 11.8. The van der Waals surface area contributed by atoms with Crippen molar-refractivity contribution in [3.8, 4) is 5.75 Å². The summed E-state index contributed by atoms with van der Waals surface area (Å²) < 4.78 is 6.17. The van der Waals surface area contributed by atoms with Crippen molar-refractivity contribution in [2.45, 2.75) is 52.1 Å². The minimum Gasteiger partial charge on any atom is -0.508 e. The number of aromatic hydroxyl groups is 1. The van der Waals surface area contributed by atoms with E-state index in [1.807, 2.05) is 19.1 Å². The predicted molar refractivity (Wildman–Crippen MR) is 122 cm³/mol. The molecule has 0 bridgehead atoms. The Morgan fingerprint density at radius 3 is 2.56 bits per heavy atom. The van der Waals surface area contributed by atoms with Gasteiger partial charge in [-0.15, -0.1) is 0 Å². The molecular formula is C26H33NO5. The van der Waals surface area contributed by atoms with Crippen molar-refractivity contribution in [3.05, 3.63) is 46.5 Å². The van der Waals surface area contributed by atoms with Crippen LogP contribution in [0.5, 0.6) is 5.75 Å². The van der Waals surface area contributed by atoms with Gasteiger partial charge in [0.15, 0.2) is 0 Å². The van der Waals surface area contributed by atoms with E-state index in [0.717, 1.165) is 42.4 Å². The van der Waals surface area contributed by atoms with E-state index in [9.17, 15) is 19.8 Å². The zero-order valence-corrected chi connectivity index (χ0v) is 18.9. The van der Waals surface area contributed by atoms with Gasteiger partial charge in [0.05, 0.1) is 31.2 Å². The number of imide groups is 1. The number of phenols is 1. The van der Waals surface area contributed by atoms with Gasteiger partial charge in [-0.2, -0.15) is 0 Å². The molecule has 4 atom stereocenters. The third-order valence-electron chi connectivity index (χ3n) is 7.18. The van der Waals surface area contributed by atoms with Crippen molar-refractivity contribution in [3.63, 3.8) is 0 Å². The Labute approximate surface area is 189 Å². The van der Waals surface area contributed by atoms with E-state index in [2.05, 4.69) is 13.0 Å². The van der Waals surface area contributed by atoms with Crippen molar-refractivity contribution < 1.29 is 24.5 Å². The summed E-state index contributed by atoms with van der Waals surface area (Å²) in [5.41, 5.74) is 4.28. The van der Waals surface area contributed by atoms with E-state index in [-0.39, 0.29) is 48.0 Å². The first-order chi connectivity index (χ1) is 15.5. The second-order valence-corrected chi connectivity index (χ2v) is 9.10. The number of carbonyl (C=O) groups is 2. The SMILES string of the molecule is CCCN1C(=O)[C@@H]2[C@@H](CC(CO)=C3[C@@H](CC/C(=C/c4ccc(O)cc4)CC)OC[C@@H]32)C1=O. The maximum atomic E-state index is 13.1. The molecule has 2 amide bonds. The summed E-state index contributed by atoms with van der Waals surface area (Å²) in [6.45, 7) is 4.91. The Kier molecular flexibility index (Phi) is 6.82. The number of hydrogen-bond donors (Lipinski definition) is 2. The highest BCUT2D eigenvalue weighted by atomic mass is 16.5. The molecule has 32 heavy (non-hydrogen) atoms. The molecule has 2 saturated heterocycles. The minimum atomic E-state index is -0.354. The van der Waals surface area contributed by atoms with E-state index in [4.69, 9.17) is 4.74 Å². The van der Waals surface area contributed by atoms with Crippen LogP contribution in [0.2, 0.25) is 0 Å². The Morgan fingerprint density at radius 1 is 1.16 bits per heavy atom. The summed E-state index contributed by atoms with van der Waals surface area (Å²) in [6.07, 6.45) is 5.77. The van der Waals surface area contributed by atoms with Crippen LogP contribution < -0.4 is 0 Å². The highest BCUT2D eigenvalue weighted by Crippen LogP contribution is 2.49. The van der Waals surface area contributed by atoms with E-state index in [0.29, 0.717) is 19.6 Å². The number of nitrogens with zero attached hydrogens (tertiary/aromatic N) is 1. The number of ether oxygens (including phenoxy) is 1. The van der Waals surface area contributed by atoms with Crippen LogP contribution in [0.15, 0.2) is 41.0 Å². The number of hydrogen-bond acceptors (Lipinski definition) is 5. The minimum absolute atomic E-state index is 0.0629. The molecule has 2 heterocycles. The van der Waals surface area contributed by atoms with Gasteiger partial charge in [0.1, 0.15) is 5.75 Å². The number of rotatable bonds is 8. The van der Waals surface area contributed by atoms with E-state index in [1.165, 1.54) is 10.5 Å². The first kappa shape index (κ1) is 22.7. The van der Waals surface area contributed by atoms with Crippen LogP contribution in [0.3, 0.4) is 0 Å². The number of phenolic OH excluding ortho intramolecular Hbond substituents is 1. The van der Waals surface area contributed by atoms with E-state index >= 15 is 0 Å². The second kappa shape index (κ2) is 9.59. The molecule has 0 spiro atoms. The number of aliphatic hydroxyl groups is 1. The molecule has 3 aliphatic rings. The molecule has 1 aromatic carbocycles. The molecule has 1 aromatic rings. The second-order valence-electron chi connectivity index (χ2n) is 9.10. The molecule has 172 valence electrons. The van der Waals surface area contributed by atoms with Gasteiger partial charge in [0.2, 0.25) is 11.8 Å². The third-order valence-corrected chi connectivity index (χ3v) is 7.18. The van der Waals surface area contributed by atoms with Gasteiger partial charge in [-0.1, -0.05) is 37.6 Å². The molecule has 2 aliphatic heterocycles. The van der Waals surface area contributed by atoms with Gasteiger partial charge in [0.25, 0.3) is 0 Å². The van der Waals surface area contributed by atoms with Crippen molar-refractivity contribution in [1.29, 1.82) is 0 Å². The highest BCUT2D eigenvalue weighted by molar-refractivity contribution is 6.05. The summed E-state index contributed by atoms with van der Waals surface area (Å²) in [6, 6.07) is 7.15. The number of aliphatic hydroxyl groups excluding tert-OH is 1. The molecule has 0 aromatic heterocycles. The van der Waals surface area contributed by atoms with Gasteiger partial charge >= 0.3 is 0 Å². The van der Waals surface area contributed by atoms with Gasteiger partial charge in [-0.3, -0.25) is 14.5 Å². The molecule has 4 rings (SSSR count). The molecule has 6 heteroatoms. The fraction of sp³-hybridized carbons (Fsp3) is 0.538. The topological polar surface area (TPSA) is 87.1 Å². The third kappa shape index (κ3) is 4.14. The molecule has 0 radical (unpaired) electrons. The number of likely N-dealkylation sites (tertiary alicyclic amines) is 1. The predicted octanol–water partition coefficient (Wildman–Crippen LogP) is 3.68. The highest BCUT2D eigenvalue weighted by Gasteiger charge is 2.56. The summed E-state index contributed by atoms with van der Waals surface area (Å²) in [5.74, 6) is -0.699. The molecular weight excluding hydrogens is 406 g/mol. The fourth-order valence-electron chi connectivity index (χ4n) is 5.60. The average molecular weight is 440 g/mol. The normalized spacial score (nSPS) is 27.8. The average Bonchev–Trinajstić information content (AvgIpc) is 3.32. The van der Waals surface area contributed by atoms with Crippen LogP contribution in [0.4, 0.5) is 0 Å². The number of benzene rings is 1. The molecule has 1 aliphatic carbocycles. The van der Waals surface area contributed by atoms with Crippen LogP contribution in [0.25, 0.3) is 6.08 Å². The Bertz CT molecular complexity index is 932. The standard InChI is InChI=1S/C26H33NO5/c1-3-11-27-25(30)20-13-18(14-28)23-21(24(20)26(27)31)15-32-22(23)10-7-16(4-2)12-17-5-8-19(29)9-6-17/h5-6,8-9,12,20-22,24,28-29H,3-4,7,10-11,13-15H2,1-2H3/b16-12+/t20-,21+,22-,24-/m1/s1. The Hall–Kier alpha value is -2.44. The zero-order valence-electron chi connectivity index (χ0n) is 18.9. The van der Waals surface area contributed by atoms with Crippen LogP contribution in [-0.4, -0.2) is 52.8 Å². The largest absolute Gasteiger partial charge is 0.508 e. The van der Waals surface area contributed by atoms with Crippen molar-refractivity contribution in [2.24, 2.45) is 17.8 Å². The van der Waals surface area contributed by atoms with Crippen LogP contribution in [0.1, 0.15) is 51.5 Å². The molecule has 2 fully saturated rings. The number of amides is 2. The van der Waals surface area contributed by atoms with Crippen molar-refractivity contribution >= 4 is 17.9 Å². The number of allylic oxidation sites excluding steroid dienone is 1. The van der Waals surface area contributed by atoms with Crippen molar-refractivity contribution in [1.82, 2.24) is 4.90 Å². The Morgan fingerprint density at radius 2 is 1.91 bits per heavy atom. The van der Waals surface area contributed by atoms with E-state index in [1.54, 1.807) is 12.1 Å². The monoisotopic (exact) mass is 439 g/mol. The summed E-state index contributed by atoms with van der Waals surface area (Å²) in [7, 11) is 0. The number of carbonyl (C=O) groups excluding carboxylic acids is 2. The van der Waals surface area contributed by atoms with Gasteiger partial charge in [-0.25, -0.2) is 0 Å². The summed E-state index contributed by atoms with van der Waals surface area (Å²) >= 11 is 0. The first-order valence-corrected chi connectivity index (χ1v) is 11.8. The van der Waals surface area contributed by atoms with Gasteiger partial charge in [-0.05, 0) is 60.9 Å². The van der Waals surface area contributed by atoms with Gasteiger partial charge < -0.3 is 14.9 Å². The maximum absolute atomic E-state index is 13.1. The van der Waals surface area contributed by atoms with Crippen LogP contribution >= 0.6 is 0 Å². The zero-order chi connectivity index (χ0) is 22.8. The summed E-state index contributed by atoms with van der Waals surface area (Å²) in [5, 5.41) is 19.6. The smallest absolute Gasteiger partial charge is 0.233 e. The fourth-order valence-corrected chi connectivity index (χ4v) is 5.60. The molecule has 0 saturated carbocycles. The van der Waals surface area contributed by atoms with E-state index < -0.39 is 0 Å². The molecule has 6 nitrogen and oxygen atoms in total. The lowest BCUT2D eigenvalue weighted by Gasteiger charge is -2.31. The molecule has 2 N–H and O–H groups in total. The lowest BCUT2D eigenvalue weighted by molar-refractivity contribution is -0.140. The van der Waals surface area contributed by atoms with Crippen molar-refractivity contribution in [2.75, 3.05) is 19.8 Å². The van der Waals surface area contributed by atoms with Crippen LogP contribution in [-0.2, 0) is 14.3 Å². The quantitative estimate of drug-likeness (QED) is 0.477. The lowest BCUT2D eigenvalue weighted by atomic mass is 9.69. The molecule has 0 unspecified atom stereocenters. The summed E-state index contributed by atoms with van der Waals surface area (Å²) in [4.78, 5) is 27.3. The maximum Gasteiger partial charge on any atom is 0.233 e. The van der Waals surface area contributed by atoms with Crippen LogP contribution in [0, 0.1) is 17.8 Å².